The van der Waals surface area contributed by atoms with Gasteiger partial charge in [-0.25, -0.2) is 4.39 Å². The van der Waals surface area contributed by atoms with Gasteiger partial charge in [-0.2, -0.15) is 0 Å². The van der Waals surface area contributed by atoms with Crippen molar-refractivity contribution in [3.63, 3.8) is 0 Å². The molecule has 0 aromatic heterocycles. The van der Waals surface area contributed by atoms with E-state index < -0.39 is 17.7 Å². The van der Waals surface area contributed by atoms with Crippen molar-refractivity contribution in [3.8, 4) is 0 Å². The van der Waals surface area contributed by atoms with Crippen LogP contribution in [0.5, 0.6) is 0 Å². The highest BCUT2D eigenvalue weighted by Gasteiger charge is 2.15. The molecule has 0 aliphatic carbocycles. The first-order valence-corrected chi connectivity index (χ1v) is 7.25. The molecule has 4 heteroatoms. The number of rotatable bonds is 5. The molecule has 104 valence electrons. The summed E-state index contributed by atoms with van der Waals surface area (Å²) in [6.07, 6.45) is 0. The van der Waals surface area contributed by atoms with Gasteiger partial charge in [-0.1, -0.05) is 30.3 Å². The highest BCUT2D eigenvalue weighted by Crippen LogP contribution is 2.27. The Kier molecular flexibility index (Phi) is 4.79. The van der Waals surface area contributed by atoms with Crippen LogP contribution in [0.3, 0.4) is 0 Å². The first-order valence-electron chi connectivity index (χ1n) is 6.26. The van der Waals surface area contributed by atoms with Crippen molar-refractivity contribution in [3.05, 3.63) is 65.5 Å². The minimum Gasteiger partial charge on any atom is -0.481 e. The highest BCUT2D eigenvalue weighted by atomic mass is 32.2. The maximum Gasteiger partial charge on any atom is 0.310 e. The predicted molar refractivity (Wildman–Crippen MR) is 78.5 cm³/mol. The van der Waals surface area contributed by atoms with Crippen molar-refractivity contribution in [1.29, 1.82) is 0 Å². The van der Waals surface area contributed by atoms with Crippen LogP contribution in [0.2, 0.25) is 0 Å². The van der Waals surface area contributed by atoms with Gasteiger partial charge < -0.3 is 5.11 Å². The second-order valence-corrected chi connectivity index (χ2v) is 5.60. The summed E-state index contributed by atoms with van der Waals surface area (Å²) in [4.78, 5) is 11.7. The fourth-order valence-electron chi connectivity index (χ4n) is 1.80. The van der Waals surface area contributed by atoms with E-state index in [1.54, 1.807) is 13.0 Å². The fourth-order valence-corrected chi connectivity index (χ4v) is 2.74. The Morgan fingerprint density at radius 1 is 1.25 bits per heavy atom. The molecule has 20 heavy (non-hydrogen) atoms. The van der Waals surface area contributed by atoms with Crippen LogP contribution in [0.15, 0.2) is 53.4 Å². The summed E-state index contributed by atoms with van der Waals surface area (Å²) >= 11 is 1.50. The lowest BCUT2D eigenvalue weighted by Crippen LogP contribution is -2.07. The fraction of sp³-hybridized carbons (Fsp3) is 0.188. The molecule has 0 aliphatic rings. The minimum absolute atomic E-state index is 0.397. The Balaban J connectivity index is 2.14. The molecule has 2 rings (SSSR count). The van der Waals surface area contributed by atoms with Crippen LogP contribution in [0.1, 0.15) is 24.0 Å². The Morgan fingerprint density at radius 3 is 2.60 bits per heavy atom. The summed E-state index contributed by atoms with van der Waals surface area (Å²) in [6.45, 7) is 1.56. The molecule has 0 saturated heterocycles. The normalized spacial score (nSPS) is 12.1. The first kappa shape index (κ1) is 14.6. The summed E-state index contributed by atoms with van der Waals surface area (Å²) in [5.74, 6) is -1.33. The third-order valence-electron chi connectivity index (χ3n) is 3.01. The topological polar surface area (TPSA) is 37.3 Å². The van der Waals surface area contributed by atoms with E-state index in [-0.39, 0.29) is 0 Å². The van der Waals surface area contributed by atoms with Gasteiger partial charge in [0.1, 0.15) is 5.82 Å². The lowest BCUT2D eigenvalue weighted by molar-refractivity contribution is -0.138. The number of carbonyl (C=O) groups is 1. The quantitative estimate of drug-likeness (QED) is 0.834. The zero-order valence-electron chi connectivity index (χ0n) is 11.0. The number of hydrogen-bond acceptors (Lipinski definition) is 2. The first-order chi connectivity index (χ1) is 9.56. The molecule has 2 aromatic carbocycles. The van der Waals surface area contributed by atoms with E-state index in [0.29, 0.717) is 5.56 Å². The number of thioether (sulfide) groups is 1. The molecule has 2 aromatic rings. The van der Waals surface area contributed by atoms with Crippen LogP contribution in [0, 0.1) is 5.82 Å². The van der Waals surface area contributed by atoms with Crippen LogP contribution in [-0.4, -0.2) is 11.1 Å². The molecule has 0 heterocycles. The number of carboxylic acid groups (broad SMARTS) is 1. The third-order valence-corrected chi connectivity index (χ3v) is 4.06. The van der Waals surface area contributed by atoms with Gasteiger partial charge in [0.25, 0.3) is 0 Å². The number of aliphatic carboxylic acids is 1. The highest BCUT2D eigenvalue weighted by molar-refractivity contribution is 7.98. The van der Waals surface area contributed by atoms with Gasteiger partial charge in [0, 0.05) is 10.6 Å². The van der Waals surface area contributed by atoms with Crippen molar-refractivity contribution in [1.82, 2.24) is 0 Å². The molecule has 1 N–H and O–H groups in total. The van der Waals surface area contributed by atoms with Crippen LogP contribution in [0.25, 0.3) is 0 Å². The maximum atomic E-state index is 13.6. The Morgan fingerprint density at radius 2 is 1.95 bits per heavy atom. The van der Waals surface area contributed by atoms with Crippen molar-refractivity contribution in [2.24, 2.45) is 0 Å². The summed E-state index contributed by atoms with van der Waals surface area (Å²) in [7, 11) is 0. The molecular formula is C16H15FO2S. The average molecular weight is 290 g/mol. The molecule has 0 fully saturated rings. The molecule has 0 amide bonds. The minimum atomic E-state index is -0.949. The van der Waals surface area contributed by atoms with Gasteiger partial charge in [-0.3, -0.25) is 4.79 Å². The van der Waals surface area contributed by atoms with E-state index in [9.17, 15) is 9.18 Å². The van der Waals surface area contributed by atoms with Crippen molar-refractivity contribution < 1.29 is 14.3 Å². The van der Waals surface area contributed by atoms with Crippen molar-refractivity contribution in [2.75, 3.05) is 0 Å². The van der Waals surface area contributed by atoms with Crippen LogP contribution in [0.4, 0.5) is 4.39 Å². The number of benzene rings is 2. The molecule has 0 aliphatic heterocycles. The predicted octanol–water partition coefficient (Wildman–Crippen LogP) is 4.31. The summed E-state index contributed by atoms with van der Waals surface area (Å²) in [6, 6.07) is 14.3. The number of hydrogen-bond donors (Lipinski definition) is 1. The molecule has 0 bridgehead atoms. The van der Waals surface area contributed by atoms with Gasteiger partial charge in [-0.15, -0.1) is 11.8 Å². The van der Waals surface area contributed by atoms with E-state index in [1.165, 1.54) is 23.9 Å². The van der Waals surface area contributed by atoms with E-state index >= 15 is 0 Å². The number of halogens is 1. The summed E-state index contributed by atoms with van der Waals surface area (Å²) in [5.41, 5.74) is 1.64. The standard InChI is InChI=1S/C16H15FO2S/c1-11(16(18)19)13-7-14(17)9-15(8-13)20-10-12-5-3-2-4-6-12/h2-9,11H,10H2,1H3,(H,18,19). The molecule has 1 unspecified atom stereocenters. The molecule has 1 atom stereocenters. The monoisotopic (exact) mass is 290 g/mol. The number of carboxylic acids is 1. The van der Waals surface area contributed by atoms with Gasteiger partial charge in [0.15, 0.2) is 0 Å². The lowest BCUT2D eigenvalue weighted by Gasteiger charge is -2.09. The SMILES string of the molecule is CC(C(=O)O)c1cc(F)cc(SCc2ccccc2)c1. The summed E-state index contributed by atoms with van der Waals surface area (Å²) < 4.78 is 13.6. The van der Waals surface area contributed by atoms with Crippen LogP contribution in [-0.2, 0) is 10.5 Å². The van der Waals surface area contributed by atoms with E-state index in [2.05, 4.69) is 0 Å². The molecule has 0 spiro atoms. The maximum absolute atomic E-state index is 13.6. The molecular weight excluding hydrogens is 275 g/mol. The molecule has 2 nitrogen and oxygen atoms in total. The zero-order chi connectivity index (χ0) is 14.5. The van der Waals surface area contributed by atoms with Gasteiger partial charge in [0.2, 0.25) is 0 Å². The van der Waals surface area contributed by atoms with Gasteiger partial charge in [0.05, 0.1) is 5.92 Å². The van der Waals surface area contributed by atoms with E-state index in [4.69, 9.17) is 5.11 Å². The summed E-state index contributed by atoms with van der Waals surface area (Å²) in [5, 5.41) is 9.00. The second kappa shape index (κ2) is 6.57. The zero-order valence-corrected chi connectivity index (χ0v) is 11.9. The van der Waals surface area contributed by atoms with E-state index in [0.717, 1.165) is 16.2 Å². The van der Waals surface area contributed by atoms with Crippen LogP contribution < -0.4 is 0 Å². The Hall–Kier alpha value is -1.81. The second-order valence-electron chi connectivity index (χ2n) is 4.55. The molecule has 0 saturated carbocycles. The lowest BCUT2D eigenvalue weighted by atomic mass is 10.0. The van der Waals surface area contributed by atoms with Gasteiger partial charge in [-0.05, 0) is 36.2 Å². The third kappa shape index (κ3) is 3.84. The van der Waals surface area contributed by atoms with Crippen LogP contribution >= 0.6 is 11.8 Å². The van der Waals surface area contributed by atoms with Gasteiger partial charge >= 0.3 is 5.97 Å². The van der Waals surface area contributed by atoms with E-state index in [1.807, 2.05) is 30.3 Å². The Labute approximate surface area is 121 Å². The Bertz CT molecular complexity index is 599. The average Bonchev–Trinajstić information content (AvgIpc) is 2.44. The molecule has 0 radical (unpaired) electrons. The van der Waals surface area contributed by atoms with Crippen molar-refractivity contribution in [2.45, 2.75) is 23.5 Å². The smallest absolute Gasteiger partial charge is 0.310 e. The van der Waals surface area contributed by atoms with Crippen molar-refractivity contribution >= 4 is 17.7 Å². The largest absolute Gasteiger partial charge is 0.481 e.